The first-order chi connectivity index (χ1) is 9.97. The number of ether oxygens (including phenoxy) is 1. The molecule has 0 aromatic rings. The third-order valence-corrected chi connectivity index (χ3v) is 3.91. The first-order valence-electron chi connectivity index (χ1n) is 8.13. The molecule has 1 atom stereocenters. The van der Waals surface area contributed by atoms with Crippen molar-refractivity contribution in [2.24, 2.45) is 0 Å². The summed E-state index contributed by atoms with van der Waals surface area (Å²) in [7, 11) is 0. The lowest BCUT2D eigenvalue weighted by Gasteiger charge is -2.15. The number of hydrogen-bond acceptors (Lipinski definition) is 2. The molecule has 118 valence electrons. The molecule has 0 aromatic heterocycles. The average Bonchev–Trinajstić information content (AvgIpc) is 2.37. The minimum atomic E-state index is -0.187. The summed E-state index contributed by atoms with van der Waals surface area (Å²) in [5.41, 5.74) is 4.23. The van der Waals surface area contributed by atoms with Crippen LogP contribution in [0.4, 0.5) is 0 Å². The van der Waals surface area contributed by atoms with Crippen LogP contribution in [0.15, 0.2) is 34.9 Å². The van der Waals surface area contributed by atoms with Crippen molar-refractivity contribution in [1.29, 1.82) is 0 Å². The van der Waals surface area contributed by atoms with E-state index in [9.17, 15) is 4.79 Å². The van der Waals surface area contributed by atoms with Gasteiger partial charge in [0.05, 0.1) is 0 Å². The zero-order valence-corrected chi connectivity index (χ0v) is 14.1. The molecule has 21 heavy (non-hydrogen) atoms. The maximum atomic E-state index is 11.2. The van der Waals surface area contributed by atoms with Crippen LogP contribution in [0.1, 0.15) is 72.6 Å². The van der Waals surface area contributed by atoms with Crippen LogP contribution in [0.3, 0.4) is 0 Å². The van der Waals surface area contributed by atoms with Crippen molar-refractivity contribution >= 4 is 5.97 Å². The quantitative estimate of drug-likeness (QED) is 0.470. The van der Waals surface area contributed by atoms with E-state index in [1.165, 1.54) is 23.6 Å². The van der Waals surface area contributed by atoms with Gasteiger partial charge in [-0.25, -0.2) is 0 Å². The van der Waals surface area contributed by atoms with Gasteiger partial charge in [0, 0.05) is 6.92 Å². The summed E-state index contributed by atoms with van der Waals surface area (Å²) in [5, 5.41) is 0. The number of esters is 1. The van der Waals surface area contributed by atoms with Crippen molar-refractivity contribution in [3.63, 3.8) is 0 Å². The Kier molecular flexibility index (Phi) is 8.11. The zero-order chi connectivity index (χ0) is 15.7. The number of hydrogen-bond donors (Lipinski definition) is 0. The normalized spacial score (nSPS) is 29.9. The summed E-state index contributed by atoms with van der Waals surface area (Å²) in [6.45, 7) is 8.05. The van der Waals surface area contributed by atoms with E-state index in [0.29, 0.717) is 0 Å². The molecule has 2 heteroatoms. The van der Waals surface area contributed by atoms with Crippen molar-refractivity contribution in [2.45, 2.75) is 78.7 Å². The molecule has 0 spiro atoms. The van der Waals surface area contributed by atoms with Crippen LogP contribution in [0, 0.1) is 0 Å². The van der Waals surface area contributed by atoms with E-state index in [1.54, 1.807) is 0 Å². The zero-order valence-electron chi connectivity index (χ0n) is 14.1. The van der Waals surface area contributed by atoms with Gasteiger partial charge in [0.1, 0.15) is 6.10 Å². The Balaban J connectivity index is 2.77. The smallest absolute Gasteiger partial charge is 0.303 e. The van der Waals surface area contributed by atoms with Gasteiger partial charge in [-0.3, -0.25) is 4.79 Å². The highest BCUT2D eigenvalue weighted by Gasteiger charge is 2.09. The summed E-state index contributed by atoms with van der Waals surface area (Å²) in [5.74, 6) is -0.187. The Labute approximate surface area is 130 Å². The van der Waals surface area contributed by atoms with Gasteiger partial charge in [-0.05, 0) is 71.8 Å². The monoisotopic (exact) mass is 290 g/mol. The standard InChI is InChI=1S/C19H30O2/c1-15-8-5-9-16(2)11-7-13-19(21-18(4)20)14-17(3)12-6-10-15/h9-10,14,19H,5-8,11-13H2,1-4H3/b15-10-,16-9+,17-14+. The second-order valence-corrected chi connectivity index (χ2v) is 6.23. The molecule has 0 bridgehead atoms. The topological polar surface area (TPSA) is 26.3 Å². The Morgan fingerprint density at radius 3 is 2.19 bits per heavy atom. The maximum Gasteiger partial charge on any atom is 0.303 e. The molecule has 1 aliphatic rings. The minimum absolute atomic E-state index is 0.0664. The van der Waals surface area contributed by atoms with Crippen LogP contribution in [0.5, 0.6) is 0 Å². The fourth-order valence-corrected chi connectivity index (χ4v) is 2.67. The molecular weight excluding hydrogens is 260 g/mol. The molecule has 0 aliphatic heterocycles. The third-order valence-electron chi connectivity index (χ3n) is 3.91. The van der Waals surface area contributed by atoms with Gasteiger partial charge in [-0.2, -0.15) is 0 Å². The van der Waals surface area contributed by atoms with Gasteiger partial charge in [0.2, 0.25) is 0 Å². The van der Waals surface area contributed by atoms with Crippen molar-refractivity contribution in [1.82, 2.24) is 0 Å². The van der Waals surface area contributed by atoms with E-state index >= 15 is 0 Å². The molecule has 0 radical (unpaired) electrons. The molecule has 0 amide bonds. The van der Waals surface area contributed by atoms with E-state index in [1.807, 2.05) is 0 Å². The Bertz CT molecular complexity index is 427. The lowest BCUT2D eigenvalue weighted by molar-refractivity contribution is -0.144. The van der Waals surface area contributed by atoms with Crippen LogP contribution < -0.4 is 0 Å². The number of carbonyl (C=O) groups is 1. The molecule has 1 rings (SSSR count). The summed E-state index contributed by atoms with van der Waals surface area (Å²) in [6, 6.07) is 0. The van der Waals surface area contributed by atoms with Crippen LogP contribution >= 0.6 is 0 Å². The largest absolute Gasteiger partial charge is 0.458 e. The summed E-state index contributed by atoms with van der Waals surface area (Å²) >= 11 is 0. The highest BCUT2D eigenvalue weighted by molar-refractivity contribution is 5.66. The molecule has 1 unspecified atom stereocenters. The highest BCUT2D eigenvalue weighted by Crippen LogP contribution is 2.18. The lowest BCUT2D eigenvalue weighted by Crippen LogP contribution is -2.14. The molecule has 0 heterocycles. The van der Waals surface area contributed by atoms with Gasteiger partial charge in [0.15, 0.2) is 0 Å². The van der Waals surface area contributed by atoms with Gasteiger partial charge in [0.25, 0.3) is 0 Å². The molecule has 0 fully saturated rings. The van der Waals surface area contributed by atoms with Crippen LogP contribution in [-0.4, -0.2) is 12.1 Å². The van der Waals surface area contributed by atoms with Crippen LogP contribution in [0.25, 0.3) is 0 Å². The van der Waals surface area contributed by atoms with Gasteiger partial charge in [-0.1, -0.05) is 28.9 Å². The second kappa shape index (κ2) is 9.59. The van der Waals surface area contributed by atoms with Crippen molar-refractivity contribution in [2.75, 3.05) is 0 Å². The molecule has 2 nitrogen and oxygen atoms in total. The predicted octanol–water partition coefficient (Wildman–Crippen LogP) is 5.50. The Morgan fingerprint density at radius 2 is 1.57 bits per heavy atom. The predicted molar refractivity (Wildman–Crippen MR) is 89.1 cm³/mol. The van der Waals surface area contributed by atoms with Crippen molar-refractivity contribution in [3.8, 4) is 0 Å². The molecule has 1 aliphatic carbocycles. The number of rotatable bonds is 1. The fourth-order valence-electron chi connectivity index (χ4n) is 2.67. The Morgan fingerprint density at radius 1 is 1.00 bits per heavy atom. The van der Waals surface area contributed by atoms with E-state index < -0.39 is 0 Å². The molecular formula is C19H30O2. The van der Waals surface area contributed by atoms with Crippen LogP contribution in [-0.2, 0) is 9.53 Å². The minimum Gasteiger partial charge on any atom is -0.458 e. The average molecular weight is 290 g/mol. The maximum absolute atomic E-state index is 11.2. The molecule has 0 aromatic carbocycles. The van der Waals surface area contributed by atoms with Crippen molar-refractivity contribution < 1.29 is 9.53 Å². The summed E-state index contributed by atoms with van der Waals surface area (Å²) in [6.07, 6.45) is 14.3. The second-order valence-electron chi connectivity index (χ2n) is 6.23. The highest BCUT2D eigenvalue weighted by atomic mass is 16.5. The van der Waals surface area contributed by atoms with Gasteiger partial charge in [-0.15, -0.1) is 0 Å². The summed E-state index contributed by atoms with van der Waals surface area (Å²) < 4.78 is 5.43. The van der Waals surface area contributed by atoms with Crippen molar-refractivity contribution in [3.05, 3.63) is 34.9 Å². The number of allylic oxidation sites excluding steroid dienone is 5. The fraction of sp³-hybridized carbons (Fsp3) is 0.632. The molecule has 0 saturated heterocycles. The SMILES string of the molecule is CC(=O)OC1/C=C(\C)CC/C=C(/C)CC/C=C(\C)CCC1. The van der Waals surface area contributed by atoms with E-state index in [2.05, 4.69) is 39.0 Å². The van der Waals surface area contributed by atoms with Gasteiger partial charge >= 0.3 is 5.97 Å². The van der Waals surface area contributed by atoms with E-state index in [-0.39, 0.29) is 12.1 Å². The van der Waals surface area contributed by atoms with E-state index in [4.69, 9.17) is 4.74 Å². The first kappa shape index (κ1) is 17.7. The third kappa shape index (κ3) is 8.54. The Hall–Kier alpha value is -1.31. The van der Waals surface area contributed by atoms with Crippen LogP contribution in [0.2, 0.25) is 0 Å². The lowest BCUT2D eigenvalue weighted by atomic mass is 10.0. The first-order valence-corrected chi connectivity index (χ1v) is 8.13. The van der Waals surface area contributed by atoms with Gasteiger partial charge < -0.3 is 4.74 Å². The van der Waals surface area contributed by atoms with E-state index in [0.717, 1.165) is 44.9 Å². The molecule has 0 saturated carbocycles. The number of carbonyl (C=O) groups excluding carboxylic acids is 1. The summed E-state index contributed by atoms with van der Waals surface area (Å²) in [4.78, 5) is 11.2. The molecule has 0 N–H and O–H groups in total.